The van der Waals surface area contributed by atoms with E-state index in [0.29, 0.717) is 6.42 Å². The smallest absolute Gasteiger partial charge is 0.221 e. The van der Waals surface area contributed by atoms with Gasteiger partial charge in [0.05, 0.1) is 6.61 Å². The molecule has 1 rings (SSSR count). The molecule has 3 nitrogen and oxygen atoms in total. The molecule has 1 aromatic rings. The van der Waals surface area contributed by atoms with Crippen molar-refractivity contribution in [1.82, 2.24) is 5.32 Å². The molecule has 1 amide bonds. The number of amides is 1. The van der Waals surface area contributed by atoms with Gasteiger partial charge in [0, 0.05) is 23.1 Å². The number of nitrogens with one attached hydrogen (secondary N) is 1. The van der Waals surface area contributed by atoms with Gasteiger partial charge in [0.15, 0.2) is 0 Å². The highest BCUT2D eigenvalue weighted by atomic mass is 32.2. The van der Waals surface area contributed by atoms with Crippen LogP contribution in [0, 0.1) is 0 Å². The Kier molecular flexibility index (Phi) is 5.96. The average Bonchev–Trinajstić information content (AvgIpc) is 2.30. The third-order valence-corrected chi connectivity index (χ3v) is 3.04. The first-order chi connectivity index (χ1) is 7.72. The highest BCUT2D eigenvalue weighted by Crippen LogP contribution is 2.17. The molecule has 0 unspecified atom stereocenters. The van der Waals surface area contributed by atoms with Crippen molar-refractivity contribution in [3.63, 3.8) is 0 Å². The molecule has 0 aliphatic rings. The van der Waals surface area contributed by atoms with Gasteiger partial charge in [0.2, 0.25) is 5.91 Å². The zero-order chi connectivity index (χ0) is 11.8. The monoisotopic (exact) mass is 239 g/mol. The fourth-order valence-corrected chi connectivity index (χ4v) is 2.04. The Hall–Kier alpha value is -1.00. The molecule has 0 bridgehead atoms. The minimum absolute atomic E-state index is 0.00928. The molecule has 2 N–H and O–H groups in total. The number of aliphatic hydroxyl groups excluding tert-OH is 1. The molecule has 4 heteroatoms. The van der Waals surface area contributed by atoms with E-state index in [1.54, 1.807) is 18.7 Å². The maximum absolute atomic E-state index is 11.4. The van der Waals surface area contributed by atoms with Crippen LogP contribution in [0.1, 0.15) is 13.3 Å². The van der Waals surface area contributed by atoms with E-state index in [1.807, 2.05) is 30.3 Å². The van der Waals surface area contributed by atoms with E-state index in [-0.39, 0.29) is 18.6 Å². The van der Waals surface area contributed by atoms with Crippen molar-refractivity contribution in [3.05, 3.63) is 30.3 Å². The molecular formula is C12H17NO2S. The van der Waals surface area contributed by atoms with Gasteiger partial charge in [-0.05, 0) is 19.1 Å². The zero-order valence-electron chi connectivity index (χ0n) is 9.35. The number of benzene rings is 1. The van der Waals surface area contributed by atoms with Crippen LogP contribution in [0.4, 0.5) is 0 Å². The van der Waals surface area contributed by atoms with Crippen molar-refractivity contribution in [1.29, 1.82) is 0 Å². The van der Waals surface area contributed by atoms with Gasteiger partial charge in [-0.25, -0.2) is 0 Å². The van der Waals surface area contributed by atoms with Crippen LogP contribution in [0.2, 0.25) is 0 Å². The van der Waals surface area contributed by atoms with Crippen LogP contribution >= 0.6 is 11.8 Å². The summed E-state index contributed by atoms with van der Waals surface area (Å²) in [4.78, 5) is 12.5. The molecule has 0 heterocycles. The van der Waals surface area contributed by atoms with Crippen molar-refractivity contribution in [3.8, 4) is 0 Å². The van der Waals surface area contributed by atoms with Crippen molar-refractivity contribution >= 4 is 17.7 Å². The summed E-state index contributed by atoms with van der Waals surface area (Å²) in [6.07, 6.45) is 0.476. The Bertz CT molecular complexity index is 316. The first kappa shape index (κ1) is 13.1. The molecule has 0 radical (unpaired) electrons. The predicted octanol–water partition coefficient (Wildman–Crippen LogP) is 1.67. The molecule has 0 aliphatic heterocycles. The lowest BCUT2D eigenvalue weighted by Crippen LogP contribution is -2.35. The quantitative estimate of drug-likeness (QED) is 0.742. The average molecular weight is 239 g/mol. The molecule has 88 valence electrons. The summed E-state index contributed by atoms with van der Waals surface area (Å²) in [7, 11) is 0. The van der Waals surface area contributed by atoms with Crippen molar-refractivity contribution in [2.75, 3.05) is 12.4 Å². The molecule has 16 heavy (non-hydrogen) atoms. The molecule has 1 aromatic carbocycles. The number of rotatable bonds is 6. The van der Waals surface area contributed by atoms with Gasteiger partial charge in [-0.1, -0.05) is 18.2 Å². The number of thioether (sulfide) groups is 1. The Morgan fingerprint density at radius 3 is 2.75 bits per heavy atom. The molecule has 0 saturated heterocycles. The van der Waals surface area contributed by atoms with E-state index in [4.69, 9.17) is 5.11 Å². The minimum atomic E-state index is -0.158. The molecular weight excluding hydrogens is 222 g/mol. The Labute approximate surface area is 100 Å². The largest absolute Gasteiger partial charge is 0.394 e. The van der Waals surface area contributed by atoms with Crippen LogP contribution in [0.25, 0.3) is 0 Å². The van der Waals surface area contributed by atoms with Crippen LogP contribution in [-0.2, 0) is 4.79 Å². The van der Waals surface area contributed by atoms with Gasteiger partial charge >= 0.3 is 0 Å². The number of carbonyl (C=O) groups excluding carboxylic acids is 1. The SMILES string of the molecule is C[C@@H](CO)NC(=O)CCSc1ccccc1. The van der Waals surface area contributed by atoms with Crippen molar-refractivity contribution in [2.24, 2.45) is 0 Å². The van der Waals surface area contributed by atoms with Gasteiger partial charge in [-0.2, -0.15) is 0 Å². The van der Waals surface area contributed by atoms with Gasteiger partial charge in [-0.3, -0.25) is 4.79 Å². The summed E-state index contributed by atoms with van der Waals surface area (Å²) in [5, 5.41) is 11.5. The predicted molar refractivity (Wildman–Crippen MR) is 66.5 cm³/mol. The van der Waals surface area contributed by atoms with Crippen LogP contribution < -0.4 is 5.32 Å². The summed E-state index contributed by atoms with van der Waals surface area (Å²) in [5.41, 5.74) is 0. The highest BCUT2D eigenvalue weighted by Gasteiger charge is 2.05. The lowest BCUT2D eigenvalue weighted by molar-refractivity contribution is -0.121. The fourth-order valence-electron chi connectivity index (χ4n) is 1.17. The zero-order valence-corrected chi connectivity index (χ0v) is 10.2. The third-order valence-electron chi connectivity index (χ3n) is 2.02. The number of aliphatic hydroxyl groups is 1. The van der Waals surface area contributed by atoms with Crippen molar-refractivity contribution < 1.29 is 9.90 Å². The Morgan fingerprint density at radius 2 is 2.12 bits per heavy atom. The minimum Gasteiger partial charge on any atom is -0.394 e. The van der Waals surface area contributed by atoms with E-state index in [0.717, 1.165) is 5.75 Å². The Balaban J connectivity index is 2.18. The maximum Gasteiger partial charge on any atom is 0.221 e. The number of hydrogen-bond acceptors (Lipinski definition) is 3. The highest BCUT2D eigenvalue weighted by molar-refractivity contribution is 7.99. The third kappa shape index (κ3) is 5.19. The van der Waals surface area contributed by atoms with Crippen LogP contribution in [-0.4, -0.2) is 29.4 Å². The van der Waals surface area contributed by atoms with E-state index in [1.165, 1.54) is 4.90 Å². The molecule has 0 aromatic heterocycles. The van der Waals surface area contributed by atoms with Crippen LogP contribution in [0.15, 0.2) is 35.2 Å². The number of carbonyl (C=O) groups is 1. The van der Waals surface area contributed by atoms with E-state index >= 15 is 0 Å². The maximum atomic E-state index is 11.4. The summed E-state index contributed by atoms with van der Waals surface area (Å²) in [5.74, 6) is 0.749. The topological polar surface area (TPSA) is 49.3 Å². The van der Waals surface area contributed by atoms with Gasteiger partial charge in [0.1, 0.15) is 0 Å². The lowest BCUT2D eigenvalue weighted by atomic mass is 10.3. The second-order valence-corrected chi connectivity index (χ2v) is 4.73. The summed E-state index contributed by atoms with van der Waals surface area (Å²) >= 11 is 1.66. The standard InChI is InChI=1S/C12H17NO2S/c1-10(9-14)13-12(15)7-8-16-11-5-3-2-4-6-11/h2-6,10,14H,7-9H2,1H3,(H,13,15)/t10-/m0/s1. The summed E-state index contributed by atoms with van der Waals surface area (Å²) in [6, 6.07) is 9.83. The molecule has 1 atom stereocenters. The molecule has 0 spiro atoms. The summed E-state index contributed by atoms with van der Waals surface area (Å²) < 4.78 is 0. The second kappa shape index (κ2) is 7.30. The normalized spacial score (nSPS) is 12.1. The summed E-state index contributed by atoms with van der Waals surface area (Å²) in [6.45, 7) is 1.76. The van der Waals surface area contributed by atoms with E-state index < -0.39 is 0 Å². The number of hydrogen-bond donors (Lipinski definition) is 2. The van der Waals surface area contributed by atoms with Gasteiger partial charge in [0.25, 0.3) is 0 Å². The fraction of sp³-hybridized carbons (Fsp3) is 0.417. The first-order valence-electron chi connectivity index (χ1n) is 5.30. The molecule has 0 fully saturated rings. The molecule has 0 saturated carbocycles. The lowest BCUT2D eigenvalue weighted by Gasteiger charge is -2.10. The molecule has 0 aliphatic carbocycles. The van der Waals surface area contributed by atoms with Gasteiger partial charge < -0.3 is 10.4 Å². The van der Waals surface area contributed by atoms with Crippen LogP contribution in [0.5, 0.6) is 0 Å². The van der Waals surface area contributed by atoms with E-state index in [9.17, 15) is 4.79 Å². The second-order valence-electron chi connectivity index (χ2n) is 3.56. The van der Waals surface area contributed by atoms with Crippen molar-refractivity contribution in [2.45, 2.75) is 24.3 Å². The van der Waals surface area contributed by atoms with Crippen LogP contribution in [0.3, 0.4) is 0 Å². The first-order valence-corrected chi connectivity index (χ1v) is 6.29. The van der Waals surface area contributed by atoms with E-state index in [2.05, 4.69) is 5.32 Å². The van der Waals surface area contributed by atoms with Gasteiger partial charge in [-0.15, -0.1) is 11.8 Å². The Morgan fingerprint density at radius 1 is 1.44 bits per heavy atom.